The molecule has 0 fully saturated rings. The molecule has 0 saturated carbocycles. The van der Waals surface area contributed by atoms with Crippen LogP contribution < -0.4 is 16.8 Å². The van der Waals surface area contributed by atoms with Crippen LogP contribution in [0.3, 0.4) is 0 Å². The van der Waals surface area contributed by atoms with Crippen molar-refractivity contribution in [2.75, 3.05) is 11.1 Å². The highest BCUT2D eigenvalue weighted by Crippen LogP contribution is 2.21. The summed E-state index contributed by atoms with van der Waals surface area (Å²) in [6, 6.07) is 7.12. The summed E-state index contributed by atoms with van der Waals surface area (Å²) in [5, 5.41) is 22.6. The average Bonchev–Trinajstić information content (AvgIpc) is 2.85. The summed E-state index contributed by atoms with van der Waals surface area (Å²) in [4.78, 5) is 8.58. The second-order valence-electron chi connectivity index (χ2n) is 6.57. The molecule has 2 rings (SSSR count). The number of amidine groups is 1. The Balaban J connectivity index is 0. The number of nitrogens with zero attached hydrogens (tertiary/aromatic N) is 3. The van der Waals surface area contributed by atoms with Gasteiger partial charge >= 0.3 is 0 Å². The average molecular weight is 450 g/mol. The van der Waals surface area contributed by atoms with Crippen LogP contribution in [0.5, 0.6) is 0 Å². The monoisotopic (exact) mass is 449 g/mol. The first-order valence-corrected chi connectivity index (χ1v) is 10.2. The van der Waals surface area contributed by atoms with Gasteiger partial charge in [-0.05, 0) is 43.2 Å². The van der Waals surface area contributed by atoms with Crippen molar-refractivity contribution in [3.63, 3.8) is 0 Å². The summed E-state index contributed by atoms with van der Waals surface area (Å²) >= 11 is 0. The van der Waals surface area contributed by atoms with Crippen molar-refractivity contribution in [3.8, 4) is 0 Å². The fourth-order valence-corrected chi connectivity index (χ4v) is 2.61. The fourth-order valence-electron chi connectivity index (χ4n) is 2.61. The Morgan fingerprint density at radius 2 is 2.00 bits per heavy atom. The molecule has 0 aliphatic rings. The van der Waals surface area contributed by atoms with E-state index in [4.69, 9.17) is 22.1 Å². The Bertz CT molecular complexity index is 1160. The van der Waals surface area contributed by atoms with Crippen molar-refractivity contribution in [2.45, 2.75) is 27.7 Å². The minimum Gasteiger partial charge on any atom is -0.409 e. The zero-order valence-electron chi connectivity index (χ0n) is 19.5. The van der Waals surface area contributed by atoms with Crippen LogP contribution in [0.2, 0.25) is 0 Å². The summed E-state index contributed by atoms with van der Waals surface area (Å²) in [6.07, 6.45) is 5.97. The van der Waals surface area contributed by atoms with Crippen molar-refractivity contribution < 1.29 is 8.06 Å². The Kier molecular flexibility index (Phi) is 10.6. The molecule has 0 atom stereocenters. The molecule has 0 radical (unpaired) electrons. The third-order valence-corrected chi connectivity index (χ3v) is 4.46. The Hall–Kier alpha value is -4.42. The molecule has 0 saturated heterocycles. The van der Waals surface area contributed by atoms with Crippen LogP contribution in [0.25, 0.3) is 0 Å². The molecule has 7 N–H and O–H groups in total. The molecular weight excluding hydrogens is 414 g/mol. The number of rotatable bonds is 8. The molecule has 0 aliphatic heterocycles. The topological polar surface area (TPSA) is 146 Å². The first-order chi connectivity index (χ1) is 15.8. The number of aliphatic imine (C=N–C) groups is 1. The Morgan fingerprint density at radius 3 is 2.58 bits per heavy atom. The van der Waals surface area contributed by atoms with Gasteiger partial charge in [0.25, 0.3) is 0 Å². The molecule has 0 amide bonds. The zero-order valence-corrected chi connectivity index (χ0v) is 19.5. The van der Waals surface area contributed by atoms with Gasteiger partial charge in [-0.3, -0.25) is 4.99 Å². The second-order valence-corrected chi connectivity index (χ2v) is 6.57. The van der Waals surface area contributed by atoms with Gasteiger partial charge < -0.3 is 27.4 Å². The van der Waals surface area contributed by atoms with Crippen LogP contribution in [-0.2, 0) is 0 Å². The third kappa shape index (κ3) is 7.05. The molecule has 8 heteroatoms. The largest absolute Gasteiger partial charge is 0.409 e. The first-order valence-electron chi connectivity index (χ1n) is 10.2. The zero-order chi connectivity index (χ0) is 25.0. The number of anilines is 2. The number of aryl methyl sites for hydroxylation is 1. The SMILES string of the molecule is C=C=C(Nc1cc(/C(N)=N/O)ccc1C)/C(C)=C/N=C(C=C)c1cnc(N)c(C=N)c1.CC.[HH].[HH]. The number of nitrogens with two attached hydrogens (primary N) is 2. The van der Waals surface area contributed by atoms with Crippen LogP contribution >= 0.6 is 0 Å². The van der Waals surface area contributed by atoms with E-state index in [2.05, 4.69) is 39.3 Å². The lowest BCUT2D eigenvalue weighted by Crippen LogP contribution is -2.13. The van der Waals surface area contributed by atoms with Crippen LogP contribution in [0.15, 0.2) is 83.0 Å². The molecule has 8 nitrogen and oxygen atoms in total. The molecule has 0 spiro atoms. The van der Waals surface area contributed by atoms with Gasteiger partial charge in [0.1, 0.15) is 5.82 Å². The highest BCUT2D eigenvalue weighted by Gasteiger charge is 2.08. The molecule has 176 valence electrons. The molecule has 2 aromatic rings. The predicted octanol–water partition coefficient (Wildman–Crippen LogP) is 5.24. The van der Waals surface area contributed by atoms with Crippen molar-refractivity contribution in [1.29, 1.82) is 5.41 Å². The summed E-state index contributed by atoms with van der Waals surface area (Å²) in [6.45, 7) is 15.3. The van der Waals surface area contributed by atoms with Gasteiger partial charge in [-0.25, -0.2) is 4.98 Å². The lowest BCUT2D eigenvalue weighted by atomic mass is 10.1. The Labute approximate surface area is 197 Å². The van der Waals surface area contributed by atoms with E-state index in [1.807, 2.05) is 33.8 Å². The van der Waals surface area contributed by atoms with Crippen LogP contribution in [0.1, 0.15) is 45.9 Å². The number of hydrogen-bond acceptors (Lipinski definition) is 7. The van der Waals surface area contributed by atoms with E-state index in [9.17, 15) is 0 Å². The summed E-state index contributed by atoms with van der Waals surface area (Å²) in [7, 11) is 0. The lowest BCUT2D eigenvalue weighted by Gasteiger charge is -2.13. The van der Waals surface area contributed by atoms with Crippen LogP contribution in [0, 0.1) is 12.3 Å². The number of benzene rings is 1. The molecule has 1 heterocycles. The van der Waals surface area contributed by atoms with E-state index in [0.29, 0.717) is 28.1 Å². The molecule has 0 aliphatic carbocycles. The minimum absolute atomic E-state index is 0. The number of oxime groups is 1. The van der Waals surface area contributed by atoms with E-state index < -0.39 is 0 Å². The van der Waals surface area contributed by atoms with E-state index in [1.54, 1.807) is 36.7 Å². The number of nitrogens with one attached hydrogen (secondary N) is 2. The predicted molar refractivity (Wildman–Crippen MR) is 143 cm³/mol. The molecule has 1 aromatic carbocycles. The minimum atomic E-state index is 0. The van der Waals surface area contributed by atoms with Gasteiger partial charge in [0.05, 0.1) is 11.4 Å². The molecule has 33 heavy (non-hydrogen) atoms. The second kappa shape index (κ2) is 13.1. The maximum atomic E-state index is 8.91. The van der Waals surface area contributed by atoms with Gasteiger partial charge in [0.2, 0.25) is 0 Å². The van der Waals surface area contributed by atoms with Crippen molar-refractivity contribution >= 4 is 29.3 Å². The number of hydrogen-bond donors (Lipinski definition) is 5. The lowest BCUT2D eigenvalue weighted by molar-refractivity contribution is 0.318. The molecule has 0 unspecified atom stereocenters. The summed E-state index contributed by atoms with van der Waals surface area (Å²) in [5.74, 6) is 0.292. The van der Waals surface area contributed by atoms with Gasteiger partial charge in [-0.15, -0.1) is 5.73 Å². The van der Waals surface area contributed by atoms with Crippen LogP contribution in [0.4, 0.5) is 11.5 Å². The highest BCUT2D eigenvalue weighted by atomic mass is 16.4. The van der Waals surface area contributed by atoms with Crippen molar-refractivity contribution in [3.05, 3.63) is 95.2 Å². The quantitative estimate of drug-likeness (QED) is 0.0933. The highest BCUT2D eigenvalue weighted by molar-refractivity contribution is 6.09. The van der Waals surface area contributed by atoms with Crippen LogP contribution in [-0.4, -0.2) is 28.0 Å². The normalized spacial score (nSPS) is 11.6. The Morgan fingerprint density at radius 1 is 1.30 bits per heavy atom. The van der Waals surface area contributed by atoms with E-state index >= 15 is 0 Å². The van der Waals surface area contributed by atoms with Gasteiger partial charge in [-0.1, -0.05) is 44.3 Å². The van der Waals surface area contributed by atoms with Gasteiger partial charge in [-0.2, -0.15) is 0 Å². The van der Waals surface area contributed by atoms with Gasteiger partial charge in [0, 0.05) is 43.8 Å². The number of pyridine rings is 1. The third-order valence-electron chi connectivity index (χ3n) is 4.46. The van der Waals surface area contributed by atoms with Crippen molar-refractivity contribution in [1.82, 2.24) is 4.98 Å². The van der Waals surface area contributed by atoms with Gasteiger partial charge in [0.15, 0.2) is 5.84 Å². The molecule has 1 aromatic heterocycles. The standard InChI is InChI=1S/C23H25N7O.C2H6.2H2/c1-5-19(29-21-10-16(23(26)30-31)8-7-14(21)3)15(4)12-27-20(6-2)18-9-17(11-24)22(25)28-13-18;1-2;;/h6-13,24,29,31H,1-2H2,3-4H3,(H2,25,28)(H2,26,30);1-2H3;2*1H/b15-12+,24-11?,27-20?;;;. The molecular formula is C25H35N7O. The maximum absolute atomic E-state index is 8.91. The maximum Gasteiger partial charge on any atom is 0.170 e. The van der Waals surface area contributed by atoms with E-state index in [0.717, 1.165) is 23.0 Å². The number of allylic oxidation sites excluding steroid dienone is 2. The smallest absolute Gasteiger partial charge is 0.170 e. The molecule has 0 bridgehead atoms. The fraction of sp³-hybridized carbons (Fsp3) is 0.160. The number of aromatic nitrogens is 1. The van der Waals surface area contributed by atoms with Crippen molar-refractivity contribution in [2.24, 2.45) is 15.9 Å². The first kappa shape index (κ1) is 26.6. The summed E-state index contributed by atoms with van der Waals surface area (Å²) < 4.78 is 0. The summed E-state index contributed by atoms with van der Waals surface area (Å²) in [5.41, 5.74) is 19.7. The van der Waals surface area contributed by atoms with E-state index in [-0.39, 0.29) is 14.5 Å². The number of nitrogen functional groups attached to an aromatic ring is 1. The van der Waals surface area contributed by atoms with E-state index in [1.165, 1.54) is 0 Å².